The van der Waals surface area contributed by atoms with E-state index in [0.29, 0.717) is 5.92 Å². The van der Waals surface area contributed by atoms with Gasteiger partial charge in [0, 0.05) is 0 Å². The molecule has 1 saturated carbocycles. The summed E-state index contributed by atoms with van der Waals surface area (Å²) in [6, 6.07) is 3.06. The van der Waals surface area contributed by atoms with Crippen LogP contribution in [0.5, 0.6) is 5.75 Å². The minimum atomic E-state index is -4.71. The van der Waals surface area contributed by atoms with Crippen molar-refractivity contribution in [1.82, 2.24) is 0 Å². The molecule has 0 heterocycles. The van der Waals surface area contributed by atoms with Crippen LogP contribution in [-0.2, 0) is 5.41 Å². The number of rotatable bonds is 2. The van der Waals surface area contributed by atoms with Crippen LogP contribution in [0.15, 0.2) is 12.1 Å². The van der Waals surface area contributed by atoms with Gasteiger partial charge < -0.3 is 4.74 Å². The van der Waals surface area contributed by atoms with E-state index in [2.05, 4.69) is 4.74 Å². The van der Waals surface area contributed by atoms with Crippen LogP contribution in [0.3, 0.4) is 0 Å². The summed E-state index contributed by atoms with van der Waals surface area (Å²) in [6.07, 6.45) is -2.69. The van der Waals surface area contributed by atoms with Gasteiger partial charge in [0.2, 0.25) is 0 Å². The Labute approximate surface area is 115 Å². The van der Waals surface area contributed by atoms with Gasteiger partial charge in [-0.1, -0.05) is 32.4 Å². The molecule has 0 amide bonds. The van der Waals surface area contributed by atoms with Crippen molar-refractivity contribution in [2.75, 3.05) is 0 Å². The third-order valence-electron chi connectivity index (χ3n) is 3.15. The van der Waals surface area contributed by atoms with Crippen molar-refractivity contribution in [3.05, 3.63) is 28.3 Å². The molecule has 1 aromatic rings. The molecule has 5 heteroatoms. The molecule has 19 heavy (non-hydrogen) atoms. The molecular weight excluding hydrogens is 277 g/mol. The maximum Gasteiger partial charge on any atom is 0.573 e. The Morgan fingerprint density at radius 3 is 2.16 bits per heavy atom. The van der Waals surface area contributed by atoms with E-state index in [1.54, 1.807) is 6.07 Å². The second kappa shape index (κ2) is 4.58. The van der Waals surface area contributed by atoms with Gasteiger partial charge in [-0.05, 0) is 47.4 Å². The Bertz CT molecular complexity index is 485. The van der Waals surface area contributed by atoms with Gasteiger partial charge in [0.25, 0.3) is 0 Å². The first-order chi connectivity index (χ1) is 8.58. The van der Waals surface area contributed by atoms with Gasteiger partial charge in [-0.3, -0.25) is 0 Å². The normalized spacial score (nSPS) is 16.6. The summed E-state index contributed by atoms with van der Waals surface area (Å²) in [5.41, 5.74) is 1.77. The smallest absolute Gasteiger partial charge is 0.404 e. The average molecular weight is 293 g/mol. The van der Waals surface area contributed by atoms with Crippen LogP contribution in [0, 0.1) is 0 Å². The lowest BCUT2D eigenvalue weighted by atomic mass is 9.82. The molecule has 0 N–H and O–H groups in total. The van der Waals surface area contributed by atoms with E-state index in [1.807, 2.05) is 20.8 Å². The summed E-state index contributed by atoms with van der Waals surface area (Å²) < 4.78 is 41.0. The molecule has 0 radical (unpaired) electrons. The monoisotopic (exact) mass is 292 g/mol. The third kappa shape index (κ3) is 3.56. The molecule has 0 aromatic heterocycles. The van der Waals surface area contributed by atoms with E-state index in [4.69, 9.17) is 11.6 Å². The van der Waals surface area contributed by atoms with Crippen molar-refractivity contribution in [1.29, 1.82) is 0 Å². The highest BCUT2D eigenvalue weighted by molar-refractivity contribution is 6.32. The van der Waals surface area contributed by atoms with Crippen molar-refractivity contribution < 1.29 is 17.9 Å². The highest BCUT2D eigenvalue weighted by atomic mass is 35.5. The van der Waals surface area contributed by atoms with Gasteiger partial charge in [0.15, 0.2) is 0 Å². The van der Waals surface area contributed by atoms with Gasteiger partial charge in [-0.25, -0.2) is 0 Å². The summed E-state index contributed by atoms with van der Waals surface area (Å²) >= 11 is 5.91. The van der Waals surface area contributed by atoms with Gasteiger partial charge in [0.05, 0.1) is 5.02 Å². The molecule has 2 rings (SSSR count). The summed E-state index contributed by atoms with van der Waals surface area (Å²) in [6.45, 7) is 6.07. The molecule has 1 nitrogen and oxygen atoms in total. The first kappa shape index (κ1) is 14.5. The van der Waals surface area contributed by atoms with E-state index in [-0.39, 0.29) is 16.2 Å². The Morgan fingerprint density at radius 2 is 1.74 bits per heavy atom. The number of halogens is 4. The number of ether oxygens (including phenoxy) is 1. The number of hydrogen-bond donors (Lipinski definition) is 0. The van der Waals surface area contributed by atoms with Gasteiger partial charge >= 0.3 is 6.36 Å². The quantitative estimate of drug-likeness (QED) is 0.708. The van der Waals surface area contributed by atoms with Crippen molar-refractivity contribution >= 4 is 11.6 Å². The first-order valence-corrected chi connectivity index (χ1v) is 6.55. The van der Waals surface area contributed by atoms with Crippen LogP contribution in [0.4, 0.5) is 13.2 Å². The van der Waals surface area contributed by atoms with Crippen molar-refractivity contribution in [3.8, 4) is 5.75 Å². The van der Waals surface area contributed by atoms with Crippen LogP contribution in [0.25, 0.3) is 0 Å². The Balaban J connectivity index is 2.46. The zero-order chi connectivity index (χ0) is 14.4. The molecule has 0 unspecified atom stereocenters. The van der Waals surface area contributed by atoms with E-state index >= 15 is 0 Å². The second-order valence-electron chi connectivity index (χ2n) is 5.94. The standard InChI is InChI=1S/C14H16ClF3O/c1-13(2,3)10-7-11(15)12(19-14(16,17)18)6-9(10)8-4-5-8/h6-8H,4-5H2,1-3H3. The predicted molar refractivity (Wildman–Crippen MR) is 68.8 cm³/mol. The SMILES string of the molecule is CC(C)(C)c1cc(Cl)c(OC(F)(F)F)cc1C1CC1. The van der Waals surface area contributed by atoms with Crippen LogP contribution in [0.1, 0.15) is 50.7 Å². The van der Waals surface area contributed by atoms with Crippen LogP contribution in [0.2, 0.25) is 5.02 Å². The average Bonchev–Trinajstić information content (AvgIpc) is 3.00. The van der Waals surface area contributed by atoms with E-state index in [1.165, 1.54) is 6.07 Å². The van der Waals surface area contributed by atoms with Crippen LogP contribution >= 0.6 is 11.6 Å². The molecular formula is C14H16ClF3O. The van der Waals surface area contributed by atoms with E-state index in [0.717, 1.165) is 24.0 Å². The molecule has 1 aliphatic carbocycles. The fourth-order valence-corrected chi connectivity index (χ4v) is 2.36. The molecule has 0 saturated heterocycles. The van der Waals surface area contributed by atoms with E-state index < -0.39 is 6.36 Å². The Morgan fingerprint density at radius 1 is 1.16 bits per heavy atom. The maximum absolute atomic E-state index is 12.3. The number of alkyl halides is 3. The van der Waals surface area contributed by atoms with Gasteiger partial charge in [-0.2, -0.15) is 0 Å². The Hall–Kier alpha value is -0.900. The molecule has 1 aromatic carbocycles. The summed E-state index contributed by atoms with van der Waals surface area (Å²) in [7, 11) is 0. The molecule has 0 bridgehead atoms. The van der Waals surface area contributed by atoms with Crippen LogP contribution in [-0.4, -0.2) is 6.36 Å². The van der Waals surface area contributed by atoms with Crippen molar-refractivity contribution in [3.63, 3.8) is 0 Å². The molecule has 0 spiro atoms. The minimum Gasteiger partial charge on any atom is -0.404 e. The zero-order valence-corrected chi connectivity index (χ0v) is 11.8. The third-order valence-corrected chi connectivity index (χ3v) is 3.45. The van der Waals surface area contributed by atoms with Crippen LogP contribution < -0.4 is 4.74 Å². The molecule has 0 aliphatic heterocycles. The van der Waals surface area contributed by atoms with Gasteiger partial charge in [-0.15, -0.1) is 13.2 Å². The predicted octanol–water partition coefficient (Wildman–Crippen LogP) is 5.41. The van der Waals surface area contributed by atoms with Gasteiger partial charge in [0.1, 0.15) is 5.75 Å². The largest absolute Gasteiger partial charge is 0.573 e. The fourth-order valence-electron chi connectivity index (χ4n) is 2.15. The molecule has 106 valence electrons. The lowest BCUT2D eigenvalue weighted by molar-refractivity contribution is -0.274. The highest BCUT2D eigenvalue weighted by Crippen LogP contribution is 2.47. The zero-order valence-electron chi connectivity index (χ0n) is 11.1. The lowest BCUT2D eigenvalue weighted by Crippen LogP contribution is -2.19. The lowest BCUT2D eigenvalue weighted by Gasteiger charge is -2.24. The van der Waals surface area contributed by atoms with Crippen molar-refractivity contribution in [2.24, 2.45) is 0 Å². The first-order valence-electron chi connectivity index (χ1n) is 6.17. The topological polar surface area (TPSA) is 9.23 Å². The molecule has 1 aliphatic rings. The maximum atomic E-state index is 12.3. The highest BCUT2D eigenvalue weighted by Gasteiger charge is 2.35. The summed E-state index contributed by atoms with van der Waals surface area (Å²) in [5, 5.41) is 0.00616. The molecule has 1 fully saturated rings. The number of benzene rings is 1. The number of hydrogen-bond acceptors (Lipinski definition) is 1. The van der Waals surface area contributed by atoms with E-state index in [9.17, 15) is 13.2 Å². The summed E-state index contributed by atoms with van der Waals surface area (Å²) in [4.78, 5) is 0. The fraction of sp³-hybridized carbons (Fsp3) is 0.571. The second-order valence-corrected chi connectivity index (χ2v) is 6.35. The van der Waals surface area contributed by atoms with Crippen molar-refractivity contribution in [2.45, 2.75) is 51.3 Å². The Kier molecular flexibility index (Phi) is 3.50. The minimum absolute atomic E-state index is 0.00616. The summed E-state index contributed by atoms with van der Waals surface area (Å²) in [5.74, 6) is 0.0335. The molecule has 0 atom stereocenters.